The molecule has 0 aliphatic heterocycles. The predicted molar refractivity (Wildman–Crippen MR) is 74.9 cm³/mol. The van der Waals surface area contributed by atoms with Gasteiger partial charge in [0.25, 0.3) is 5.56 Å². The number of rotatable bonds is 6. The van der Waals surface area contributed by atoms with E-state index >= 15 is 0 Å². The molecule has 2 rings (SSSR count). The van der Waals surface area contributed by atoms with Crippen LogP contribution in [0, 0.1) is 0 Å². The Morgan fingerprint density at radius 3 is 3.05 bits per heavy atom. The highest BCUT2D eigenvalue weighted by molar-refractivity contribution is 7.98. The van der Waals surface area contributed by atoms with Crippen molar-refractivity contribution in [2.24, 2.45) is 0 Å². The number of aryl methyl sites for hydroxylation is 1. The molecule has 1 N–H and O–H groups in total. The van der Waals surface area contributed by atoms with Gasteiger partial charge in [-0.2, -0.15) is 21.4 Å². The maximum Gasteiger partial charge on any atom is 0.304 e. The number of aliphatic carboxylic acids is 1. The second kappa shape index (κ2) is 6.16. The zero-order chi connectivity index (χ0) is 13.8. The van der Waals surface area contributed by atoms with Crippen molar-refractivity contribution in [3.63, 3.8) is 0 Å². The summed E-state index contributed by atoms with van der Waals surface area (Å²) in [5.41, 5.74) is 0.487. The van der Waals surface area contributed by atoms with Crippen molar-refractivity contribution >= 4 is 34.0 Å². The number of thioether (sulfide) groups is 1. The summed E-state index contributed by atoms with van der Waals surface area (Å²) in [6.07, 6.45) is 0.891. The van der Waals surface area contributed by atoms with E-state index in [2.05, 4.69) is 10.1 Å². The Kier molecular flexibility index (Phi) is 4.54. The lowest BCUT2D eigenvalue weighted by atomic mass is 10.4. The third kappa shape index (κ3) is 3.54. The number of carbonyl (C=O) groups is 1. The quantitative estimate of drug-likeness (QED) is 0.812. The standard InChI is InChI=1S/C11H13N3O3S2/c1-2-8-13-14-9(15)5-7(12-11(14)19-8)6-18-4-3-10(16)17/h5H,2-4,6H2,1H3,(H,16,17). The van der Waals surface area contributed by atoms with Crippen molar-refractivity contribution < 1.29 is 9.90 Å². The van der Waals surface area contributed by atoms with E-state index in [1.807, 2.05) is 6.92 Å². The molecule has 0 bridgehead atoms. The molecule has 0 radical (unpaired) electrons. The number of fused-ring (bicyclic) bond motifs is 1. The van der Waals surface area contributed by atoms with Gasteiger partial charge in [0.2, 0.25) is 4.96 Å². The van der Waals surface area contributed by atoms with Gasteiger partial charge in [-0.25, -0.2) is 4.98 Å². The molecule has 0 unspecified atom stereocenters. The molecule has 8 heteroatoms. The van der Waals surface area contributed by atoms with E-state index in [-0.39, 0.29) is 12.0 Å². The van der Waals surface area contributed by atoms with Crippen molar-refractivity contribution in [2.75, 3.05) is 5.75 Å². The number of hydrogen-bond donors (Lipinski definition) is 1. The molecule has 6 nitrogen and oxygen atoms in total. The van der Waals surface area contributed by atoms with Crippen LogP contribution in [-0.2, 0) is 17.0 Å². The van der Waals surface area contributed by atoms with Crippen molar-refractivity contribution in [1.29, 1.82) is 0 Å². The third-order valence-corrected chi connectivity index (χ3v) is 4.40. The lowest BCUT2D eigenvalue weighted by Gasteiger charge is -1.99. The van der Waals surface area contributed by atoms with Crippen molar-refractivity contribution in [2.45, 2.75) is 25.5 Å². The van der Waals surface area contributed by atoms with Crippen LogP contribution in [0.15, 0.2) is 10.9 Å². The van der Waals surface area contributed by atoms with Gasteiger partial charge in [0.15, 0.2) is 0 Å². The number of carboxylic acid groups (broad SMARTS) is 1. The minimum atomic E-state index is -0.814. The van der Waals surface area contributed by atoms with Crippen molar-refractivity contribution in [3.05, 3.63) is 27.1 Å². The second-order valence-corrected chi connectivity index (χ2v) is 5.97. The highest BCUT2D eigenvalue weighted by Gasteiger charge is 2.08. The zero-order valence-electron chi connectivity index (χ0n) is 10.3. The first-order valence-electron chi connectivity index (χ1n) is 5.78. The fourth-order valence-electron chi connectivity index (χ4n) is 1.45. The average molecular weight is 299 g/mol. The molecule has 0 atom stereocenters. The summed E-state index contributed by atoms with van der Waals surface area (Å²) in [6.45, 7) is 1.98. The van der Waals surface area contributed by atoms with Crippen LogP contribution in [0.1, 0.15) is 24.0 Å². The normalized spacial score (nSPS) is 11.0. The van der Waals surface area contributed by atoms with E-state index in [1.165, 1.54) is 33.7 Å². The summed E-state index contributed by atoms with van der Waals surface area (Å²) >= 11 is 2.86. The van der Waals surface area contributed by atoms with Crippen LogP contribution in [0.4, 0.5) is 0 Å². The van der Waals surface area contributed by atoms with Crippen LogP contribution in [0.5, 0.6) is 0 Å². The number of hydrogen-bond acceptors (Lipinski definition) is 6. The average Bonchev–Trinajstić information content (AvgIpc) is 2.78. The molecule has 2 aromatic heterocycles. The van der Waals surface area contributed by atoms with Crippen LogP contribution in [0.2, 0.25) is 0 Å². The number of nitrogens with zero attached hydrogens (tertiary/aromatic N) is 3. The Morgan fingerprint density at radius 2 is 2.37 bits per heavy atom. The maximum absolute atomic E-state index is 11.8. The second-order valence-electron chi connectivity index (χ2n) is 3.83. The van der Waals surface area contributed by atoms with E-state index in [9.17, 15) is 9.59 Å². The van der Waals surface area contributed by atoms with Crippen LogP contribution in [-0.4, -0.2) is 31.4 Å². The van der Waals surface area contributed by atoms with Crippen LogP contribution in [0.25, 0.3) is 4.96 Å². The molecule has 0 saturated carbocycles. The maximum atomic E-state index is 11.8. The first kappa shape index (κ1) is 14.0. The van der Waals surface area contributed by atoms with Gasteiger partial charge in [-0.05, 0) is 6.42 Å². The van der Waals surface area contributed by atoms with Gasteiger partial charge in [0, 0.05) is 17.6 Å². The molecule has 2 heterocycles. The Balaban J connectivity index is 2.11. The van der Waals surface area contributed by atoms with Gasteiger partial charge in [0.05, 0.1) is 12.1 Å². The molecule has 0 aliphatic rings. The van der Waals surface area contributed by atoms with Gasteiger partial charge in [-0.1, -0.05) is 18.3 Å². The fraction of sp³-hybridized carbons (Fsp3) is 0.455. The van der Waals surface area contributed by atoms with Crippen LogP contribution in [0.3, 0.4) is 0 Å². The summed E-state index contributed by atoms with van der Waals surface area (Å²) in [7, 11) is 0. The first-order chi connectivity index (χ1) is 9.10. The Bertz CT molecular complexity index is 650. The highest BCUT2D eigenvalue weighted by Crippen LogP contribution is 2.15. The lowest BCUT2D eigenvalue weighted by molar-refractivity contribution is -0.136. The molecule has 0 saturated heterocycles. The van der Waals surface area contributed by atoms with Gasteiger partial charge in [0.1, 0.15) is 5.01 Å². The summed E-state index contributed by atoms with van der Waals surface area (Å²) < 4.78 is 1.31. The van der Waals surface area contributed by atoms with E-state index < -0.39 is 5.97 Å². The highest BCUT2D eigenvalue weighted by atomic mass is 32.2. The Hall–Kier alpha value is -1.41. The SMILES string of the molecule is CCc1nn2c(=O)cc(CSCCC(=O)O)nc2s1. The van der Waals surface area contributed by atoms with E-state index in [0.717, 1.165) is 11.4 Å². The molecule has 102 valence electrons. The van der Waals surface area contributed by atoms with E-state index in [4.69, 9.17) is 5.11 Å². The minimum Gasteiger partial charge on any atom is -0.481 e. The molecule has 0 fully saturated rings. The predicted octanol–water partition coefficient (Wildman–Crippen LogP) is 1.42. The van der Waals surface area contributed by atoms with Crippen LogP contribution >= 0.6 is 23.1 Å². The Morgan fingerprint density at radius 1 is 1.58 bits per heavy atom. The topological polar surface area (TPSA) is 84.6 Å². The van der Waals surface area contributed by atoms with Crippen molar-refractivity contribution in [1.82, 2.24) is 14.6 Å². The fourth-order valence-corrected chi connectivity index (χ4v) is 3.13. The van der Waals surface area contributed by atoms with Gasteiger partial charge < -0.3 is 5.11 Å². The number of aromatic nitrogens is 3. The van der Waals surface area contributed by atoms with Gasteiger partial charge in [-0.3, -0.25) is 9.59 Å². The van der Waals surface area contributed by atoms with Crippen LogP contribution < -0.4 is 5.56 Å². The molecular formula is C11H13N3O3S2. The zero-order valence-corrected chi connectivity index (χ0v) is 12.0. The van der Waals surface area contributed by atoms with Gasteiger partial charge >= 0.3 is 5.97 Å². The monoisotopic (exact) mass is 299 g/mol. The minimum absolute atomic E-state index is 0.117. The van der Waals surface area contributed by atoms with Crippen molar-refractivity contribution in [3.8, 4) is 0 Å². The first-order valence-corrected chi connectivity index (χ1v) is 7.75. The third-order valence-electron chi connectivity index (χ3n) is 2.35. The largest absolute Gasteiger partial charge is 0.481 e. The summed E-state index contributed by atoms with van der Waals surface area (Å²) in [6, 6.07) is 1.46. The summed E-state index contributed by atoms with van der Waals surface area (Å²) in [5, 5.41) is 13.6. The smallest absolute Gasteiger partial charge is 0.304 e. The van der Waals surface area contributed by atoms with E-state index in [0.29, 0.717) is 22.2 Å². The molecule has 0 amide bonds. The summed E-state index contributed by atoms with van der Waals surface area (Å²) in [4.78, 5) is 27.2. The molecular weight excluding hydrogens is 286 g/mol. The summed E-state index contributed by atoms with van der Waals surface area (Å²) in [5.74, 6) is 0.239. The molecule has 0 aromatic carbocycles. The Labute approximate surface area is 117 Å². The lowest BCUT2D eigenvalue weighted by Crippen LogP contribution is -2.15. The van der Waals surface area contributed by atoms with E-state index in [1.54, 1.807) is 0 Å². The molecule has 2 aromatic rings. The molecule has 19 heavy (non-hydrogen) atoms. The number of carboxylic acids is 1. The molecule has 0 spiro atoms. The molecule has 0 aliphatic carbocycles. The van der Waals surface area contributed by atoms with Gasteiger partial charge in [-0.15, -0.1) is 0 Å².